The van der Waals surface area contributed by atoms with Gasteiger partial charge in [-0.2, -0.15) is 0 Å². The molecule has 0 fully saturated rings. The number of benzene rings is 2. The zero-order chi connectivity index (χ0) is 13.9. The van der Waals surface area contributed by atoms with Crippen molar-refractivity contribution in [3.8, 4) is 5.75 Å². The minimum Gasteiger partial charge on any atom is -0.488 e. The third-order valence-corrected chi connectivity index (χ3v) is 3.87. The van der Waals surface area contributed by atoms with Crippen LogP contribution in [-0.2, 0) is 13.0 Å². The summed E-state index contributed by atoms with van der Waals surface area (Å²) in [5, 5.41) is 4.94. The summed E-state index contributed by atoms with van der Waals surface area (Å²) in [5.41, 5.74) is 2.41. The topological polar surface area (TPSA) is 21.3 Å². The van der Waals surface area contributed by atoms with E-state index in [0.29, 0.717) is 0 Å². The fourth-order valence-corrected chi connectivity index (χ4v) is 2.70. The molecule has 0 aliphatic carbocycles. The number of ether oxygens (including phenoxy) is 1. The summed E-state index contributed by atoms with van der Waals surface area (Å²) < 4.78 is 5.88. The molecule has 3 rings (SSSR count). The van der Waals surface area contributed by atoms with E-state index in [0.717, 1.165) is 35.3 Å². The molecule has 2 nitrogen and oxygen atoms in total. The lowest BCUT2D eigenvalue weighted by atomic mass is 10.1. The second kappa shape index (κ2) is 6.04. The molecule has 20 heavy (non-hydrogen) atoms. The molecule has 2 aromatic rings. The smallest absolute Gasteiger partial charge is 0.123 e. The van der Waals surface area contributed by atoms with Crippen LogP contribution in [0.5, 0.6) is 5.75 Å². The molecule has 0 amide bonds. The molecule has 0 spiro atoms. The highest BCUT2D eigenvalue weighted by Crippen LogP contribution is 2.30. The van der Waals surface area contributed by atoms with Gasteiger partial charge in [-0.15, -0.1) is 0 Å². The van der Waals surface area contributed by atoms with Gasteiger partial charge < -0.3 is 10.1 Å². The first-order valence-electron chi connectivity index (χ1n) is 6.61. The van der Waals surface area contributed by atoms with Crippen LogP contribution in [0.3, 0.4) is 0 Å². The molecular formula is C16H15Cl2NO. The van der Waals surface area contributed by atoms with Crippen LogP contribution in [-0.4, -0.2) is 12.6 Å². The van der Waals surface area contributed by atoms with Crippen molar-refractivity contribution >= 4 is 23.2 Å². The molecule has 0 saturated carbocycles. The third kappa shape index (κ3) is 3.26. The number of nitrogens with one attached hydrogen (secondary N) is 1. The molecule has 0 aromatic heterocycles. The number of fused-ring (bicyclic) bond motifs is 1. The molecular weight excluding hydrogens is 293 g/mol. The summed E-state index contributed by atoms with van der Waals surface area (Å²) >= 11 is 11.8. The van der Waals surface area contributed by atoms with Crippen LogP contribution in [0.15, 0.2) is 42.5 Å². The number of hydrogen-bond acceptors (Lipinski definition) is 2. The normalized spacial score (nSPS) is 16.8. The van der Waals surface area contributed by atoms with Gasteiger partial charge in [-0.1, -0.05) is 35.3 Å². The van der Waals surface area contributed by atoms with Crippen molar-refractivity contribution in [3.63, 3.8) is 0 Å². The highest BCUT2D eigenvalue weighted by molar-refractivity contribution is 6.30. The number of rotatable bonds is 4. The third-order valence-electron chi connectivity index (χ3n) is 3.38. The Morgan fingerprint density at radius 2 is 1.80 bits per heavy atom. The largest absolute Gasteiger partial charge is 0.488 e. The van der Waals surface area contributed by atoms with Crippen LogP contribution in [0.2, 0.25) is 10.0 Å². The Labute approximate surface area is 128 Å². The van der Waals surface area contributed by atoms with Gasteiger partial charge in [-0.05, 0) is 41.5 Å². The Hall–Kier alpha value is -1.22. The summed E-state index contributed by atoms with van der Waals surface area (Å²) in [6.45, 7) is 1.63. The van der Waals surface area contributed by atoms with Crippen LogP contribution in [0.25, 0.3) is 0 Å². The highest BCUT2D eigenvalue weighted by atomic mass is 35.5. The fourth-order valence-electron chi connectivity index (χ4n) is 2.38. The second-order valence-electron chi connectivity index (χ2n) is 4.95. The quantitative estimate of drug-likeness (QED) is 0.918. The Morgan fingerprint density at radius 1 is 1.05 bits per heavy atom. The molecule has 0 radical (unpaired) electrons. The van der Waals surface area contributed by atoms with Crippen molar-refractivity contribution in [3.05, 3.63) is 63.6 Å². The van der Waals surface area contributed by atoms with Crippen LogP contribution in [0.1, 0.15) is 11.1 Å². The Bertz CT molecular complexity index is 598. The van der Waals surface area contributed by atoms with Gasteiger partial charge in [0.15, 0.2) is 0 Å². The van der Waals surface area contributed by atoms with Crippen molar-refractivity contribution in [2.75, 3.05) is 6.54 Å². The maximum atomic E-state index is 5.99. The van der Waals surface area contributed by atoms with Crippen LogP contribution in [0.4, 0.5) is 0 Å². The maximum absolute atomic E-state index is 5.99. The van der Waals surface area contributed by atoms with Gasteiger partial charge in [0.05, 0.1) is 0 Å². The highest BCUT2D eigenvalue weighted by Gasteiger charge is 2.22. The van der Waals surface area contributed by atoms with Crippen LogP contribution >= 0.6 is 23.2 Å². The number of halogens is 2. The summed E-state index contributed by atoms with van der Waals surface area (Å²) in [5.74, 6) is 0.952. The van der Waals surface area contributed by atoms with E-state index in [4.69, 9.17) is 27.9 Å². The van der Waals surface area contributed by atoms with Gasteiger partial charge in [0, 0.05) is 29.6 Å². The second-order valence-corrected chi connectivity index (χ2v) is 5.83. The van der Waals surface area contributed by atoms with Crippen molar-refractivity contribution in [1.82, 2.24) is 5.32 Å². The van der Waals surface area contributed by atoms with E-state index in [-0.39, 0.29) is 6.10 Å². The molecule has 1 aliphatic heterocycles. The van der Waals surface area contributed by atoms with Crippen molar-refractivity contribution < 1.29 is 4.74 Å². The Kier molecular flexibility index (Phi) is 4.16. The number of hydrogen-bond donors (Lipinski definition) is 1. The lowest BCUT2D eigenvalue weighted by molar-refractivity contribution is 0.227. The minimum absolute atomic E-state index is 0.177. The van der Waals surface area contributed by atoms with Crippen LogP contribution in [0, 0.1) is 0 Å². The Morgan fingerprint density at radius 3 is 2.60 bits per heavy atom. The summed E-state index contributed by atoms with van der Waals surface area (Å²) in [4.78, 5) is 0. The van der Waals surface area contributed by atoms with E-state index < -0.39 is 0 Å². The SMILES string of the molecule is Clc1ccc(CNCC2Cc3cc(Cl)ccc3O2)cc1. The molecule has 104 valence electrons. The predicted molar refractivity (Wildman–Crippen MR) is 82.7 cm³/mol. The van der Waals surface area contributed by atoms with E-state index in [1.807, 2.05) is 42.5 Å². The minimum atomic E-state index is 0.177. The first-order valence-corrected chi connectivity index (χ1v) is 7.36. The zero-order valence-electron chi connectivity index (χ0n) is 10.9. The summed E-state index contributed by atoms with van der Waals surface area (Å²) in [7, 11) is 0. The van der Waals surface area contributed by atoms with Gasteiger partial charge >= 0.3 is 0 Å². The summed E-state index contributed by atoms with van der Waals surface area (Å²) in [6.07, 6.45) is 1.08. The van der Waals surface area contributed by atoms with Gasteiger partial charge in [-0.25, -0.2) is 0 Å². The molecule has 1 unspecified atom stereocenters. The zero-order valence-corrected chi connectivity index (χ0v) is 12.4. The van der Waals surface area contributed by atoms with Gasteiger partial charge in [-0.3, -0.25) is 0 Å². The van der Waals surface area contributed by atoms with Crippen molar-refractivity contribution in [2.24, 2.45) is 0 Å². The molecule has 1 atom stereocenters. The molecule has 1 aliphatic rings. The van der Waals surface area contributed by atoms with E-state index in [9.17, 15) is 0 Å². The molecule has 0 bridgehead atoms. The molecule has 2 aromatic carbocycles. The average molecular weight is 308 g/mol. The van der Waals surface area contributed by atoms with Crippen molar-refractivity contribution in [2.45, 2.75) is 19.1 Å². The monoisotopic (exact) mass is 307 g/mol. The predicted octanol–water partition coefficient (Wildman–Crippen LogP) is 4.09. The maximum Gasteiger partial charge on any atom is 0.123 e. The van der Waals surface area contributed by atoms with Crippen LogP contribution < -0.4 is 10.1 Å². The molecule has 1 N–H and O–H groups in total. The first-order chi connectivity index (χ1) is 9.70. The van der Waals surface area contributed by atoms with E-state index in [1.54, 1.807) is 0 Å². The Balaban J connectivity index is 1.50. The fraction of sp³-hybridized carbons (Fsp3) is 0.250. The summed E-state index contributed by atoms with van der Waals surface area (Å²) in [6, 6.07) is 13.7. The van der Waals surface area contributed by atoms with Gasteiger partial charge in [0.1, 0.15) is 11.9 Å². The molecule has 0 saturated heterocycles. The van der Waals surface area contributed by atoms with E-state index >= 15 is 0 Å². The van der Waals surface area contributed by atoms with Crippen molar-refractivity contribution in [1.29, 1.82) is 0 Å². The lowest BCUT2D eigenvalue weighted by Crippen LogP contribution is -2.29. The van der Waals surface area contributed by atoms with Gasteiger partial charge in [0.25, 0.3) is 0 Å². The standard InChI is InChI=1S/C16H15Cl2NO/c17-13-3-1-11(2-4-13)9-19-10-15-8-12-7-14(18)5-6-16(12)20-15/h1-7,15,19H,8-10H2. The average Bonchev–Trinajstić information content (AvgIpc) is 2.83. The first kappa shape index (κ1) is 13.7. The van der Waals surface area contributed by atoms with Gasteiger partial charge in [0.2, 0.25) is 0 Å². The van der Waals surface area contributed by atoms with E-state index in [2.05, 4.69) is 5.32 Å². The molecule has 1 heterocycles. The lowest BCUT2D eigenvalue weighted by Gasteiger charge is -2.12. The molecule has 4 heteroatoms. The van der Waals surface area contributed by atoms with E-state index in [1.165, 1.54) is 11.1 Å².